The number of carbonyl (C=O) groups is 2. The van der Waals surface area contributed by atoms with E-state index in [2.05, 4.69) is 0 Å². The maximum atomic E-state index is 12.5. The zero-order chi connectivity index (χ0) is 14.6. The molecule has 4 nitrogen and oxygen atoms in total. The molecule has 0 fully saturated rings. The molecule has 104 valence electrons. The monoisotopic (exact) mass is 279 g/mol. The number of benzene rings is 2. The van der Waals surface area contributed by atoms with E-state index in [0.29, 0.717) is 17.5 Å². The zero-order valence-corrected chi connectivity index (χ0v) is 11.2. The topological polar surface area (TPSA) is 57.6 Å². The van der Waals surface area contributed by atoms with Crippen molar-refractivity contribution in [3.63, 3.8) is 0 Å². The fourth-order valence-corrected chi connectivity index (χ4v) is 3.32. The van der Waals surface area contributed by atoms with Crippen molar-refractivity contribution >= 4 is 11.8 Å². The summed E-state index contributed by atoms with van der Waals surface area (Å²) in [5.41, 5.74) is 2.68. The predicted molar refractivity (Wildman–Crippen MR) is 75.8 cm³/mol. The summed E-state index contributed by atoms with van der Waals surface area (Å²) in [6, 6.07) is 13.8. The van der Waals surface area contributed by atoms with E-state index in [4.69, 9.17) is 0 Å². The van der Waals surface area contributed by atoms with E-state index in [-0.39, 0.29) is 11.8 Å². The van der Waals surface area contributed by atoms with Gasteiger partial charge in [-0.1, -0.05) is 36.4 Å². The minimum absolute atomic E-state index is 0.323. The van der Waals surface area contributed by atoms with Crippen LogP contribution in [-0.2, 0) is 6.42 Å². The normalized spacial score (nSPS) is 23.4. The fraction of sp³-hybridized carbons (Fsp3) is 0.176. The molecule has 0 saturated carbocycles. The number of carbonyl (C=O) groups excluding carboxylic acids is 2. The molecule has 1 heterocycles. The maximum Gasteiger partial charge on any atom is 0.262 e. The van der Waals surface area contributed by atoms with Gasteiger partial charge in [-0.15, -0.1) is 0 Å². The standard InChI is InChI=1S/C17H13NO3/c19-14-9-10-5-1-2-6-11(10)15(14)18-16(20)12-7-3-4-8-13(12)17(18)21/h1-8,14-15,19H,9H2. The molecule has 1 aliphatic heterocycles. The Morgan fingerprint density at radius 3 is 2.14 bits per heavy atom. The van der Waals surface area contributed by atoms with E-state index in [1.165, 1.54) is 4.90 Å². The number of nitrogens with zero attached hydrogens (tertiary/aromatic N) is 1. The Balaban J connectivity index is 1.83. The second-order valence-electron chi connectivity index (χ2n) is 5.44. The smallest absolute Gasteiger partial charge is 0.262 e. The van der Waals surface area contributed by atoms with Crippen LogP contribution in [0.1, 0.15) is 37.9 Å². The maximum absolute atomic E-state index is 12.5. The number of aliphatic hydroxyl groups excluding tert-OH is 1. The summed E-state index contributed by atoms with van der Waals surface area (Å²) in [4.78, 5) is 26.3. The van der Waals surface area contributed by atoms with Crippen molar-refractivity contribution in [2.45, 2.75) is 18.6 Å². The minimum atomic E-state index is -0.746. The molecule has 0 spiro atoms. The van der Waals surface area contributed by atoms with E-state index in [0.717, 1.165) is 11.1 Å². The first-order valence-electron chi connectivity index (χ1n) is 6.91. The Bertz CT molecular complexity index is 733. The van der Waals surface area contributed by atoms with Crippen LogP contribution in [0, 0.1) is 0 Å². The van der Waals surface area contributed by atoms with E-state index >= 15 is 0 Å². The fourth-order valence-electron chi connectivity index (χ4n) is 3.32. The highest BCUT2D eigenvalue weighted by Crippen LogP contribution is 2.40. The van der Waals surface area contributed by atoms with Gasteiger partial charge in [0.1, 0.15) is 0 Å². The van der Waals surface area contributed by atoms with Gasteiger partial charge in [-0.3, -0.25) is 14.5 Å². The van der Waals surface area contributed by atoms with Crippen LogP contribution >= 0.6 is 0 Å². The molecule has 2 aromatic rings. The third-order valence-electron chi connectivity index (χ3n) is 4.27. The van der Waals surface area contributed by atoms with Gasteiger partial charge in [-0.05, 0) is 23.3 Å². The second kappa shape index (κ2) is 4.27. The summed E-state index contributed by atoms with van der Waals surface area (Å²) in [6.07, 6.45) is -0.279. The summed E-state index contributed by atoms with van der Waals surface area (Å²) in [7, 11) is 0. The number of imide groups is 1. The average Bonchev–Trinajstić information content (AvgIpc) is 2.95. The quantitative estimate of drug-likeness (QED) is 0.812. The first kappa shape index (κ1) is 12.3. The number of hydrogen-bond donors (Lipinski definition) is 1. The molecule has 21 heavy (non-hydrogen) atoms. The average molecular weight is 279 g/mol. The van der Waals surface area contributed by atoms with Crippen molar-refractivity contribution in [3.05, 3.63) is 70.8 Å². The number of aliphatic hydroxyl groups is 1. The van der Waals surface area contributed by atoms with E-state index in [1.54, 1.807) is 24.3 Å². The molecule has 0 saturated heterocycles. The van der Waals surface area contributed by atoms with Crippen LogP contribution in [0.15, 0.2) is 48.5 Å². The van der Waals surface area contributed by atoms with Gasteiger partial charge in [0.05, 0.1) is 23.3 Å². The van der Waals surface area contributed by atoms with Gasteiger partial charge >= 0.3 is 0 Å². The predicted octanol–water partition coefficient (Wildman–Crippen LogP) is 1.94. The number of amides is 2. The van der Waals surface area contributed by atoms with Crippen molar-refractivity contribution in [3.8, 4) is 0 Å². The van der Waals surface area contributed by atoms with Crippen LogP contribution in [0.2, 0.25) is 0 Å². The zero-order valence-electron chi connectivity index (χ0n) is 11.2. The lowest BCUT2D eigenvalue weighted by atomic mass is 10.1. The van der Waals surface area contributed by atoms with Crippen molar-refractivity contribution in [1.82, 2.24) is 4.90 Å². The summed E-state index contributed by atoms with van der Waals surface area (Å²) >= 11 is 0. The van der Waals surface area contributed by atoms with Crippen LogP contribution < -0.4 is 0 Å². The van der Waals surface area contributed by atoms with Gasteiger partial charge in [0, 0.05) is 6.42 Å². The third-order valence-corrected chi connectivity index (χ3v) is 4.27. The Kier molecular flexibility index (Phi) is 2.50. The number of hydrogen-bond acceptors (Lipinski definition) is 3. The minimum Gasteiger partial charge on any atom is -0.390 e. The van der Waals surface area contributed by atoms with Crippen LogP contribution in [0.5, 0.6) is 0 Å². The van der Waals surface area contributed by atoms with Crippen molar-refractivity contribution < 1.29 is 14.7 Å². The van der Waals surface area contributed by atoms with Crippen molar-refractivity contribution in [1.29, 1.82) is 0 Å². The number of rotatable bonds is 1. The van der Waals surface area contributed by atoms with Crippen LogP contribution in [0.25, 0.3) is 0 Å². The summed E-state index contributed by atoms with van der Waals surface area (Å²) in [6.45, 7) is 0. The molecule has 2 amide bonds. The SMILES string of the molecule is O=C1c2ccccc2C(=O)N1C1c2ccccc2CC1O. The number of fused-ring (bicyclic) bond motifs is 2. The summed E-state index contributed by atoms with van der Waals surface area (Å²) < 4.78 is 0. The van der Waals surface area contributed by atoms with Crippen molar-refractivity contribution in [2.24, 2.45) is 0 Å². The molecule has 1 aliphatic carbocycles. The summed E-state index contributed by atoms with van der Waals surface area (Å²) in [5.74, 6) is -0.646. The van der Waals surface area contributed by atoms with Crippen LogP contribution in [0.4, 0.5) is 0 Å². The molecule has 1 N–H and O–H groups in total. The van der Waals surface area contributed by atoms with Gasteiger partial charge in [0.15, 0.2) is 0 Å². The first-order valence-corrected chi connectivity index (χ1v) is 6.91. The molecule has 0 aromatic heterocycles. The molecule has 4 heteroatoms. The molecular weight excluding hydrogens is 266 g/mol. The van der Waals surface area contributed by atoms with Gasteiger partial charge in [0.2, 0.25) is 0 Å². The van der Waals surface area contributed by atoms with E-state index in [9.17, 15) is 14.7 Å². The molecule has 2 atom stereocenters. The molecule has 0 radical (unpaired) electrons. The molecule has 2 aromatic carbocycles. The van der Waals surface area contributed by atoms with E-state index < -0.39 is 12.1 Å². The Morgan fingerprint density at radius 1 is 0.905 bits per heavy atom. The molecule has 2 aliphatic rings. The Hall–Kier alpha value is -2.46. The second-order valence-corrected chi connectivity index (χ2v) is 5.44. The molecule has 2 unspecified atom stereocenters. The highest BCUT2D eigenvalue weighted by molar-refractivity contribution is 6.21. The Labute approximate surface area is 121 Å². The highest BCUT2D eigenvalue weighted by atomic mass is 16.3. The molecule has 4 rings (SSSR count). The van der Waals surface area contributed by atoms with Gasteiger partial charge in [0.25, 0.3) is 11.8 Å². The van der Waals surface area contributed by atoms with Gasteiger partial charge < -0.3 is 5.11 Å². The lowest BCUT2D eigenvalue weighted by Crippen LogP contribution is -2.38. The molecule has 0 bridgehead atoms. The van der Waals surface area contributed by atoms with Crippen molar-refractivity contribution in [2.75, 3.05) is 0 Å². The van der Waals surface area contributed by atoms with Gasteiger partial charge in [-0.2, -0.15) is 0 Å². The highest BCUT2D eigenvalue weighted by Gasteiger charge is 2.45. The van der Waals surface area contributed by atoms with Crippen LogP contribution in [0.3, 0.4) is 0 Å². The molecular formula is C17H13NO3. The van der Waals surface area contributed by atoms with Gasteiger partial charge in [-0.25, -0.2) is 0 Å². The Morgan fingerprint density at radius 2 is 1.48 bits per heavy atom. The van der Waals surface area contributed by atoms with E-state index in [1.807, 2.05) is 24.3 Å². The lowest BCUT2D eigenvalue weighted by molar-refractivity contribution is 0.0382. The largest absolute Gasteiger partial charge is 0.390 e. The van der Waals surface area contributed by atoms with Crippen LogP contribution in [-0.4, -0.2) is 27.9 Å². The first-order chi connectivity index (χ1) is 10.2. The lowest BCUT2D eigenvalue weighted by Gasteiger charge is -2.25. The summed E-state index contributed by atoms with van der Waals surface area (Å²) in [5, 5.41) is 10.3. The third kappa shape index (κ3) is 1.59.